The van der Waals surface area contributed by atoms with Crippen molar-refractivity contribution in [1.82, 2.24) is 15.0 Å². The van der Waals surface area contributed by atoms with Crippen molar-refractivity contribution in [3.8, 4) is 6.07 Å². The summed E-state index contributed by atoms with van der Waals surface area (Å²) in [5, 5.41) is 17.5. The first-order chi connectivity index (χ1) is 11.9. The molecule has 120 valence electrons. The third-order valence-electron chi connectivity index (χ3n) is 4.12. The molecule has 0 amide bonds. The van der Waals surface area contributed by atoms with Gasteiger partial charge in [0, 0.05) is 6.54 Å². The maximum absolute atomic E-state index is 9.27. The molecule has 0 bridgehead atoms. The minimum Gasteiger partial charge on any atom is -0.248 e. The maximum Gasteiger partial charge on any atom is 0.185 e. The highest BCUT2D eigenvalue weighted by atomic mass is 15.4. The van der Waals surface area contributed by atoms with Crippen LogP contribution in [-0.2, 0) is 25.8 Å². The van der Waals surface area contributed by atoms with Crippen LogP contribution < -0.4 is 0 Å². The molecular weight excluding hydrogens is 296 g/mol. The summed E-state index contributed by atoms with van der Waals surface area (Å²) in [6, 6.07) is 22.9. The average molecular weight is 316 g/mol. The van der Waals surface area contributed by atoms with Gasteiger partial charge < -0.3 is 0 Å². The molecule has 24 heavy (non-hydrogen) atoms. The summed E-state index contributed by atoms with van der Waals surface area (Å²) in [6.45, 7) is 0.785. The highest BCUT2D eigenvalue weighted by Gasteiger charge is 2.12. The number of nitriles is 1. The molecular formula is C20H20N4. The van der Waals surface area contributed by atoms with Crippen LogP contribution in [0.15, 0.2) is 60.7 Å². The molecule has 4 heteroatoms. The van der Waals surface area contributed by atoms with Crippen molar-refractivity contribution in [2.75, 3.05) is 0 Å². The van der Waals surface area contributed by atoms with E-state index in [-0.39, 0.29) is 0 Å². The van der Waals surface area contributed by atoms with Crippen molar-refractivity contribution in [3.63, 3.8) is 0 Å². The predicted molar refractivity (Wildman–Crippen MR) is 93.4 cm³/mol. The first-order valence-electron chi connectivity index (χ1n) is 8.27. The quantitative estimate of drug-likeness (QED) is 0.669. The summed E-state index contributed by atoms with van der Waals surface area (Å²) in [7, 11) is 0. The Morgan fingerprint density at radius 1 is 0.833 bits per heavy atom. The molecule has 0 aliphatic carbocycles. The molecule has 0 saturated heterocycles. The summed E-state index contributed by atoms with van der Waals surface area (Å²) < 4.78 is 1.89. The van der Waals surface area contributed by atoms with Gasteiger partial charge in [-0.15, -0.1) is 5.10 Å². The Balaban J connectivity index is 1.63. The standard InChI is InChI=1S/C20H20N4/c21-16-19-20(14-13-18-10-5-2-6-11-18)24(23-22-19)15-7-12-17-8-3-1-4-9-17/h1-6,8-11H,7,12-15H2. The Bertz CT molecular complexity index is 801. The largest absolute Gasteiger partial charge is 0.248 e. The summed E-state index contributed by atoms with van der Waals surface area (Å²) in [5.74, 6) is 0. The van der Waals surface area contributed by atoms with Gasteiger partial charge in [0.05, 0.1) is 5.69 Å². The van der Waals surface area contributed by atoms with Crippen LogP contribution in [0.2, 0.25) is 0 Å². The number of aromatic nitrogens is 3. The Labute approximate surface area is 142 Å². The second-order valence-corrected chi connectivity index (χ2v) is 5.79. The number of rotatable bonds is 7. The highest BCUT2D eigenvalue weighted by Crippen LogP contribution is 2.12. The lowest BCUT2D eigenvalue weighted by Crippen LogP contribution is -2.08. The van der Waals surface area contributed by atoms with E-state index in [2.05, 4.69) is 52.8 Å². The lowest BCUT2D eigenvalue weighted by atomic mass is 10.1. The molecule has 0 aliphatic rings. The van der Waals surface area contributed by atoms with Gasteiger partial charge in [-0.1, -0.05) is 65.9 Å². The molecule has 1 heterocycles. The van der Waals surface area contributed by atoms with Crippen LogP contribution in [0.3, 0.4) is 0 Å². The molecule has 0 fully saturated rings. The van der Waals surface area contributed by atoms with Crippen molar-refractivity contribution >= 4 is 0 Å². The lowest BCUT2D eigenvalue weighted by molar-refractivity contribution is 0.537. The number of benzene rings is 2. The normalized spacial score (nSPS) is 10.5. The molecule has 3 rings (SSSR count). The molecule has 0 unspecified atom stereocenters. The lowest BCUT2D eigenvalue weighted by Gasteiger charge is -2.07. The summed E-state index contributed by atoms with van der Waals surface area (Å²) in [5.41, 5.74) is 3.97. The van der Waals surface area contributed by atoms with Crippen molar-refractivity contribution in [2.45, 2.75) is 32.2 Å². The summed E-state index contributed by atoms with van der Waals surface area (Å²) in [6.07, 6.45) is 3.66. The van der Waals surface area contributed by atoms with Gasteiger partial charge in [-0.25, -0.2) is 4.68 Å². The van der Waals surface area contributed by atoms with Crippen LogP contribution in [-0.4, -0.2) is 15.0 Å². The van der Waals surface area contributed by atoms with E-state index in [0.717, 1.165) is 37.9 Å². The molecule has 1 aromatic heterocycles. The van der Waals surface area contributed by atoms with Crippen molar-refractivity contribution in [1.29, 1.82) is 5.26 Å². The number of aryl methyl sites for hydroxylation is 3. The van der Waals surface area contributed by atoms with E-state index in [1.54, 1.807) is 0 Å². The second-order valence-electron chi connectivity index (χ2n) is 5.79. The van der Waals surface area contributed by atoms with Crippen LogP contribution in [0.25, 0.3) is 0 Å². The summed E-state index contributed by atoms with van der Waals surface area (Å²) in [4.78, 5) is 0. The molecule has 0 atom stereocenters. The van der Waals surface area contributed by atoms with Gasteiger partial charge in [-0.3, -0.25) is 0 Å². The zero-order chi connectivity index (χ0) is 16.6. The number of hydrogen-bond donors (Lipinski definition) is 0. The van der Waals surface area contributed by atoms with E-state index < -0.39 is 0 Å². The highest BCUT2D eigenvalue weighted by molar-refractivity contribution is 5.26. The van der Waals surface area contributed by atoms with Gasteiger partial charge >= 0.3 is 0 Å². The zero-order valence-corrected chi connectivity index (χ0v) is 13.6. The molecule has 0 saturated carbocycles. The fraction of sp³-hybridized carbons (Fsp3) is 0.250. The van der Waals surface area contributed by atoms with Crippen LogP contribution in [0, 0.1) is 11.3 Å². The van der Waals surface area contributed by atoms with Crippen LogP contribution >= 0.6 is 0 Å². The van der Waals surface area contributed by atoms with E-state index >= 15 is 0 Å². The first-order valence-corrected chi connectivity index (χ1v) is 8.27. The average Bonchev–Trinajstić information content (AvgIpc) is 3.04. The molecule has 4 nitrogen and oxygen atoms in total. The maximum atomic E-state index is 9.27. The fourth-order valence-electron chi connectivity index (χ4n) is 2.83. The van der Waals surface area contributed by atoms with Crippen molar-refractivity contribution in [2.24, 2.45) is 0 Å². The smallest absolute Gasteiger partial charge is 0.185 e. The minimum atomic E-state index is 0.450. The van der Waals surface area contributed by atoms with Gasteiger partial charge in [-0.05, 0) is 36.8 Å². The second kappa shape index (κ2) is 8.07. The third kappa shape index (κ3) is 4.08. The third-order valence-corrected chi connectivity index (χ3v) is 4.12. The van der Waals surface area contributed by atoms with Crippen molar-refractivity contribution in [3.05, 3.63) is 83.2 Å². The van der Waals surface area contributed by atoms with E-state index in [0.29, 0.717) is 5.69 Å². The Morgan fingerprint density at radius 3 is 2.08 bits per heavy atom. The predicted octanol–water partition coefficient (Wildman–Crippen LogP) is 3.57. The molecule has 0 N–H and O–H groups in total. The van der Waals surface area contributed by atoms with E-state index in [9.17, 15) is 5.26 Å². The van der Waals surface area contributed by atoms with E-state index in [1.807, 2.05) is 28.9 Å². The number of nitrogens with zero attached hydrogens (tertiary/aromatic N) is 4. The zero-order valence-electron chi connectivity index (χ0n) is 13.6. The Hall–Kier alpha value is -2.93. The SMILES string of the molecule is N#Cc1nnn(CCCc2ccccc2)c1CCc1ccccc1. The molecule has 0 spiro atoms. The van der Waals surface area contributed by atoms with Crippen LogP contribution in [0.5, 0.6) is 0 Å². The Kier molecular flexibility index (Phi) is 5.36. The van der Waals surface area contributed by atoms with Crippen molar-refractivity contribution < 1.29 is 0 Å². The first kappa shape index (κ1) is 15.9. The molecule has 2 aromatic carbocycles. The van der Waals surface area contributed by atoms with Gasteiger partial charge in [0.25, 0.3) is 0 Å². The number of hydrogen-bond acceptors (Lipinski definition) is 3. The van der Waals surface area contributed by atoms with Gasteiger partial charge in [0.1, 0.15) is 6.07 Å². The van der Waals surface area contributed by atoms with Gasteiger partial charge in [0.15, 0.2) is 5.69 Å². The molecule has 0 radical (unpaired) electrons. The fourth-order valence-corrected chi connectivity index (χ4v) is 2.83. The molecule has 0 aliphatic heterocycles. The molecule has 3 aromatic rings. The van der Waals surface area contributed by atoms with Gasteiger partial charge in [-0.2, -0.15) is 5.26 Å². The van der Waals surface area contributed by atoms with E-state index in [1.165, 1.54) is 11.1 Å². The van der Waals surface area contributed by atoms with Crippen LogP contribution in [0.4, 0.5) is 0 Å². The Morgan fingerprint density at radius 2 is 1.46 bits per heavy atom. The topological polar surface area (TPSA) is 54.5 Å². The summed E-state index contributed by atoms with van der Waals surface area (Å²) >= 11 is 0. The monoisotopic (exact) mass is 316 g/mol. The minimum absolute atomic E-state index is 0.450. The van der Waals surface area contributed by atoms with Gasteiger partial charge in [0.2, 0.25) is 0 Å². The van der Waals surface area contributed by atoms with Crippen LogP contribution in [0.1, 0.15) is 28.9 Å². The van der Waals surface area contributed by atoms with E-state index in [4.69, 9.17) is 0 Å².